The largest absolute Gasteiger partial charge is 0.449 e. The molecule has 0 saturated heterocycles. The van der Waals surface area contributed by atoms with Crippen LogP contribution in [-0.4, -0.2) is 22.9 Å². The van der Waals surface area contributed by atoms with Crippen molar-refractivity contribution in [1.82, 2.24) is 0 Å². The molecular formula is C21H24N2O5. The van der Waals surface area contributed by atoms with Crippen LogP contribution in [0.25, 0.3) is 0 Å². The summed E-state index contributed by atoms with van der Waals surface area (Å²) in [5.41, 5.74) is 3.21. The van der Waals surface area contributed by atoms with Crippen LogP contribution in [-0.2, 0) is 22.4 Å². The zero-order valence-corrected chi connectivity index (χ0v) is 16.4. The van der Waals surface area contributed by atoms with Crippen LogP contribution < -0.4 is 5.32 Å². The number of carbonyl (C=O) groups is 2. The van der Waals surface area contributed by atoms with Gasteiger partial charge in [0.05, 0.1) is 10.5 Å². The molecular weight excluding hydrogens is 360 g/mol. The van der Waals surface area contributed by atoms with Gasteiger partial charge in [-0.1, -0.05) is 32.0 Å². The fourth-order valence-corrected chi connectivity index (χ4v) is 2.90. The van der Waals surface area contributed by atoms with Crippen molar-refractivity contribution in [3.05, 3.63) is 68.8 Å². The fraction of sp³-hybridized carbons (Fsp3) is 0.333. The molecule has 0 spiro atoms. The molecule has 28 heavy (non-hydrogen) atoms. The summed E-state index contributed by atoms with van der Waals surface area (Å²) in [4.78, 5) is 35.2. The van der Waals surface area contributed by atoms with Crippen LogP contribution in [0.4, 0.5) is 11.4 Å². The summed E-state index contributed by atoms with van der Waals surface area (Å²) in [6, 6.07) is 9.80. The Kier molecular flexibility index (Phi) is 6.87. The Balaban J connectivity index is 2.12. The molecule has 0 unspecified atom stereocenters. The van der Waals surface area contributed by atoms with Crippen LogP contribution in [0.2, 0.25) is 0 Å². The molecule has 2 aromatic rings. The van der Waals surface area contributed by atoms with Gasteiger partial charge in [0.25, 0.3) is 11.6 Å². The lowest BCUT2D eigenvalue weighted by atomic mass is 10.0. The van der Waals surface area contributed by atoms with Crippen molar-refractivity contribution in [2.24, 2.45) is 0 Å². The maximum atomic E-state index is 12.5. The quantitative estimate of drug-likeness (QED) is 0.438. The number of nitrogens with zero attached hydrogens (tertiary/aromatic N) is 1. The highest BCUT2D eigenvalue weighted by Crippen LogP contribution is 2.23. The van der Waals surface area contributed by atoms with E-state index in [4.69, 9.17) is 4.74 Å². The second-order valence-corrected chi connectivity index (χ2v) is 6.45. The molecule has 2 aromatic carbocycles. The zero-order chi connectivity index (χ0) is 20.8. The van der Waals surface area contributed by atoms with Crippen LogP contribution in [0.1, 0.15) is 47.8 Å². The number of rotatable bonds is 7. The van der Waals surface area contributed by atoms with Crippen molar-refractivity contribution in [3.8, 4) is 0 Å². The second kappa shape index (κ2) is 9.12. The predicted octanol–water partition coefficient (Wildman–Crippen LogP) is 4.21. The second-order valence-electron chi connectivity index (χ2n) is 6.45. The standard InChI is InChI=1S/C21H24N2O5/c1-5-15-8-7-9-16(6-2)19(15)22-20(24)14(4)28-21(25)17-10-11-18(23(26)27)13(3)12-17/h7-12,14H,5-6H2,1-4H3,(H,22,24)/t14-/m0/s1. The zero-order valence-electron chi connectivity index (χ0n) is 16.4. The summed E-state index contributed by atoms with van der Waals surface area (Å²) < 4.78 is 5.25. The summed E-state index contributed by atoms with van der Waals surface area (Å²) in [6.07, 6.45) is 0.511. The fourth-order valence-electron chi connectivity index (χ4n) is 2.90. The summed E-state index contributed by atoms with van der Waals surface area (Å²) in [5.74, 6) is -1.14. The number of amides is 1. The molecule has 148 valence electrons. The highest BCUT2D eigenvalue weighted by atomic mass is 16.6. The van der Waals surface area contributed by atoms with Gasteiger partial charge in [0.1, 0.15) is 0 Å². The number of carbonyl (C=O) groups excluding carboxylic acids is 2. The Morgan fingerprint density at radius 1 is 1.14 bits per heavy atom. The van der Waals surface area contributed by atoms with E-state index in [0.717, 1.165) is 29.7 Å². The molecule has 0 aliphatic heterocycles. The number of para-hydroxylation sites is 1. The smallest absolute Gasteiger partial charge is 0.338 e. The maximum absolute atomic E-state index is 12.5. The number of nitro benzene ring substituents is 1. The highest BCUT2D eigenvalue weighted by molar-refractivity contribution is 5.98. The maximum Gasteiger partial charge on any atom is 0.338 e. The van der Waals surface area contributed by atoms with Crippen LogP contribution in [0, 0.1) is 17.0 Å². The van der Waals surface area contributed by atoms with Gasteiger partial charge in [-0.15, -0.1) is 0 Å². The summed E-state index contributed by atoms with van der Waals surface area (Å²) in [5, 5.41) is 13.8. The topological polar surface area (TPSA) is 98.5 Å². The van der Waals surface area contributed by atoms with E-state index < -0.39 is 22.9 Å². The van der Waals surface area contributed by atoms with E-state index in [0.29, 0.717) is 5.56 Å². The van der Waals surface area contributed by atoms with Gasteiger partial charge in [0.15, 0.2) is 6.10 Å². The average molecular weight is 384 g/mol. The minimum atomic E-state index is -1.02. The first-order chi connectivity index (χ1) is 13.3. The van der Waals surface area contributed by atoms with Gasteiger partial charge in [-0.05, 0) is 49.9 Å². The van der Waals surface area contributed by atoms with Crippen LogP contribution >= 0.6 is 0 Å². The molecule has 0 radical (unpaired) electrons. The SMILES string of the molecule is CCc1cccc(CC)c1NC(=O)[C@H](C)OC(=O)c1ccc([N+](=O)[O-])c(C)c1. The number of anilines is 1. The number of nitro groups is 1. The van der Waals surface area contributed by atoms with Gasteiger partial charge in [0, 0.05) is 17.3 Å². The minimum absolute atomic E-state index is 0.0781. The number of esters is 1. The van der Waals surface area contributed by atoms with E-state index in [1.807, 2.05) is 32.0 Å². The Hall–Kier alpha value is -3.22. The average Bonchev–Trinajstić information content (AvgIpc) is 2.67. The molecule has 7 heteroatoms. The van der Waals surface area contributed by atoms with Gasteiger partial charge in [-0.2, -0.15) is 0 Å². The van der Waals surface area contributed by atoms with Crippen molar-refractivity contribution in [2.75, 3.05) is 5.32 Å². The first-order valence-electron chi connectivity index (χ1n) is 9.16. The Morgan fingerprint density at radius 3 is 2.25 bits per heavy atom. The van der Waals surface area contributed by atoms with E-state index in [9.17, 15) is 19.7 Å². The lowest BCUT2D eigenvalue weighted by Gasteiger charge is -2.18. The molecule has 0 heterocycles. The van der Waals surface area contributed by atoms with Crippen LogP contribution in [0.15, 0.2) is 36.4 Å². The molecule has 1 amide bonds. The lowest BCUT2D eigenvalue weighted by molar-refractivity contribution is -0.385. The van der Waals surface area contributed by atoms with Crippen molar-refractivity contribution >= 4 is 23.3 Å². The third-order valence-corrected chi connectivity index (χ3v) is 4.53. The summed E-state index contributed by atoms with van der Waals surface area (Å²) in [7, 11) is 0. The van der Waals surface area contributed by atoms with Crippen molar-refractivity contribution in [2.45, 2.75) is 46.6 Å². The molecule has 0 aliphatic carbocycles. The molecule has 7 nitrogen and oxygen atoms in total. The minimum Gasteiger partial charge on any atom is -0.449 e. The van der Waals surface area contributed by atoms with Gasteiger partial charge in [0.2, 0.25) is 0 Å². The highest BCUT2D eigenvalue weighted by Gasteiger charge is 2.22. The third kappa shape index (κ3) is 4.73. The Labute approximate surface area is 163 Å². The third-order valence-electron chi connectivity index (χ3n) is 4.53. The first kappa shape index (κ1) is 21.1. The van der Waals surface area contributed by atoms with Crippen LogP contribution in [0.3, 0.4) is 0 Å². The van der Waals surface area contributed by atoms with Crippen LogP contribution in [0.5, 0.6) is 0 Å². The van der Waals surface area contributed by atoms with Crippen molar-refractivity contribution in [1.29, 1.82) is 0 Å². The molecule has 2 rings (SSSR count). The predicted molar refractivity (Wildman–Crippen MR) is 107 cm³/mol. The van der Waals surface area contributed by atoms with E-state index in [1.165, 1.54) is 25.1 Å². The van der Waals surface area contributed by atoms with Gasteiger partial charge in [-0.3, -0.25) is 14.9 Å². The first-order valence-corrected chi connectivity index (χ1v) is 9.16. The number of nitrogens with one attached hydrogen (secondary N) is 1. The number of benzene rings is 2. The van der Waals surface area contributed by atoms with Crippen molar-refractivity contribution < 1.29 is 19.2 Å². The van der Waals surface area contributed by atoms with E-state index in [2.05, 4.69) is 5.32 Å². The number of hydrogen-bond acceptors (Lipinski definition) is 5. The monoisotopic (exact) mass is 384 g/mol. The molecule has 0 fully saturated rings. The lowest BCUT2D eigenvalue weighted by Crippen LogP contribution is -2.30. The number of hydrogen-bond donors (Lipinski definition) is 1. The molecule has 1 N–H and O–H groups in total. The molecule has 0 bridgehead atoms. The molecule has 1 atom stereocenters. The van der Waals surface area contributed by atoms with Gasteiger partial charge < -0.3 is 10.1 Å². The normalized spacial score (nSPS) is 11.6. The van der Waals surface area contributed by atoms with Gasteiger partial charge in [-0.25, -0.2) is 4.79 Å². The van der Waals surface area contributed by atoms with Crippen molar-refractivity contribution in [3.63, 3.8) is 0 Å². The van der Waals surface area contributed by atoms with Gasteiger partial charge >= 0.3 is 5.97 Å². The Bertz CT molecular complexity index is 885. The number of aryl methyl sites for hydroxylation is 3. The van der Waals surface area contributed by atoms with E-state index in [-0.39, 0.29) is 11.3 Å². The summed E-state index contributed by atoms with van der Waals surface area (Å²) in [6.45, 7) is 7.04. The summed E-state index contributed by atoms with van der Waals surface area (Å²) >= 11 is 0. The number of ether oxygens (including phenoxy) is 1. The Morgan fingerprint density at radius 2 is 1.75 bits per heavy atom. The molecule has 0 saturated carbocycles. The van der Waals surface area contributed by atoms with E-state index in [1.54, 1.807) is 6.92 Å². The molecule has 0 aromatic heterocycles. The van der Waals surface area contributed by atoms with E-state index >= 15 is 0 Å². The molecule has 0 aliphatic rings.